The van der Waals surface area contributed by atoms with Crippen LogP contribution in [0.3, 0.4) is 0 Å². The smallest absolute Gasteiger partial charge is 0.245 e. The van der Waals surface area contributed by atoms with Crippen LogP contribution in [0.15, 0.2) is 29.2 Å². The molecule has 1 spiro atoms. The molecule has 0 bridgehead atoms. The van der Waals surface area contributed by atoms with Crippen LogP contribution in [0.1, 0.15) is 32.1 Å². The van der Waals surface area contributed by atoms with Crippen LogP contribution in [0.2, 0.25) is 0 Å². The third-order valence-electron chi connectivity index (χ3n) is 4.47. The Morgan fingerprint density at radius 3 is 2.32 bits per heavy atom. The molecule has 0 radical (unpaired) electrons. The molecule has 1 aliphatic heterocycles. The number of nitrogen functional groups attached to an aromatic ring is 1. The highest BCUT2D eigenvalue weighted by atomic mass is 32.2. The van der Waals surface area contributed by atoms with E-state index in [4.69, 9.17) is 5.73 Å². The van der Waals surface area contributed by atoms with Crippen LogP contribution in [0.25, 0.3) is 0 Å². The van der Waals surface area contributed by atoms with Crippen molar-refractivity contribution in [3.05, 3.63) is 24.3 Å². The number of para-hydroxylation sites is 1. The summed E-state index contributed by atoms with van der Waals surface area (Å²) in [5, 5.41) is 0. The zero-order chi connectivity index (χ0) is 13.5. The van der Waals surface area contributed by atoms with Crippen molar-refractivity contribution in [2.24, 2.45) is 5.41 Å². The van der Waals surface area contributed by atoms with Gasteiger partial charge in [-0.3, -0.25) is 0 Å². The summed E-state index contributed by atoms with van der Waals surface area (Å²) < 4.78 is 26.6. The van der Waals surface area contributed by atoms with Gasteiger partial charge in [-0.2, -0.15) is 4.31 Å². The second kappa shape index (κ2) is 4.49. The van der Waals surface area contributed by atoms with Crippen LogP contribution in [0, 0.1) is 5.41 Å². The average molecular weight is 280 g/mol. The molecule has 1 heterocycles. The van der Waals surface area contributed by atoms with Crippen molar-refractivity contribution in [1.82, 2.24) is 4.31 Å². The molecular formula is C14H20N2O2S. The van der Waals surface area contributed by atoms with Gasteiger partial charge < -0.3 is 5.73 Å². The van der Waals surface area contributed by atoms with E-state index < -0.39 is 10.0 Å². The van der Waals surface area contributed by atoms with E-state index in [9.17, 15) is 8.42 Å². The van der Waals surface area contributed by atoms with Gasteiger partial charge in [0.1, 0.15) is 4.90 Å². The molecule has 1 aromatic rings. The van der Waals surface area contributed by atoms with E-state index in [-0.39, 0.29) is 10.3 Å². The van der Waals surface area contributed by atoms with Crippen LogP contribution < -0.4 is 5.73 Å². The van der Waals surface area contributed by atoms with Crippen LogP contribution in [0.4, 0.5) is 5.69 Å². The Kier molecular flexibility index (Phi) is 3.06. The lowest BCUT2D eigenvalue weighted by atomic mass is 9.70. The summed E-state index contributed by atoms with van der Waals surface area (Å²) in [6.45, 7) is 1.34. The first-order valence-electron chi connectivity index (χ1n) is 6.88. The van der Waals surface area contributed by atoms with E-state index in [2.05, 4.69) is 0 Å². The molecule has 2 fully saturated rings. The van der Waals surface area contributed by atoms with Gasteiger partial charge in [-0.15, -0.1) is 0 Å². The summed E-state index contributed by atoms with van der Waals surface area (Å²) in [6.07, 6.45) is 6.11. The Labute approximate surface area is 114 Å². The summed E-state index contributed by atoms with van der Waals surface area (Å²) in [5.41, 5.74) is 6.39. The van der Waals surface area contributed by atoms with Gasteiger partial charge in [0.25, 0.3) is 0 Å². The standard InChI is InChI=1S/C14H20N2O2S/c15-12-6-2-3-7-13(12)19(17,18)16-10-14(11-16)8-4-1-5-9-14/h2-3,6-7H,1,4-5,8-11,15H2. The first-order valence-corrected chi connectivity index (χ1v) is 8.32. The molecule has 0 unspecified atom stereocenters. The minimum atomic E-state index is -3.40. The van der Waals surface area contributed by atoms with E-state index >= 15 is 0 Å². The molecule has 1 saturated carbocycles. The summed E-state index contributed by atoms with van der Waals surface area (Å²) in [6, 6.07) is 6.71. The van der Waals surface area contributed by atoms with Crippen molar-refractivity contribution in [2.45, 2.75) is 37.0 Å². The second-order valence-corrected chi connectivity index (χ2v) is 7.78. The molecule has 0 atom stereocenters. The predicted molar refractivity (Wildman–Crippen MR) is 75.1 cm³/mol. The maximum absolute atomic E-state index is 12.5. The molecule has 0 aromatic heterocycles. The van der Waals surface area contributed by atoms with Crippen molar-refractivity contribution in [3.63, 3.8) is 0 Å². The van der Waals surface area contributed by atoms with Gasteiger partial charge in [0.15, 0.2) is 0 Å². The molecule has 2 aliphatic rings. The SMILES string of the molecule is Nc1ccccc1S(=O)(=O)N1CC2(CCCCC2)C1. The maximum atomic E-state index is 12.5. The van der Waals surface area contributed by atoms with E-state index in [0.29, 0.717) is 18.8 Å². The molecule has 0 amide bonds. The quantitative estimate of drug-likeness (QED) is 0.845. The van der Waals surface area contributed by atoms with Crippen molar-refractivity contribution in [2.75, 3.05) is 18.8 Å². The summed E-state index contributed by atoms with van der Waals surface area (Å²) >= 11 is 0. The number of nitrogens with zero attached hydrogens (tertiary/aromatic N) is 1. The first-order chi connectivity index (χ1) is 9.04. The molecule has 1 saturated heterocycles. The second-order valence-electron chi connectivity index (χ2n) is 5.87. The van der Waals surface area contributed by atoms with Gasteiger partial charge >= 0.3 is 0 Å². The maximum Gasteiger partial charge on any atom is 0.245 e. The highest BCUT2D eigenvalue weighted by Crippen LogP contribution is 2.46. The van der Waals surface area contributed by atoms with Crippen LogP contribution in [-0.2, 0) is 10.0 Å². The zero-order valence-corrected chi connectivity index (χ0v) is 11.8. The molecule has 3 rings (SSSR count). The average Bonchev–Trinajstić information content (AvgIpc) is 2.37. The predicted octanol–water partition coefficient (Wildman–Crippen LogP) is 2.22. The minimum absolute atomic E-state index is 0.251. The van der Waals surface area contributed by atoms with Gasteiger partial charge in [-0.1, -0.05) is 31.4 Å². The third-order valence-corrected chi connectivity index (χ3v) is 6.34. The molecule has 4 nitrogen and oxygen atoms in total. The van der Waals surface area contributed by atoms with Crippen LogP contribution in [0.5, 0.6) is 0 Å². The lowest BCUT2D eigenvalue weighted by molar-refractivity contribution is 0.0305. The minimum Gasteiger partial charge on any atom is -0.398 e. The van der Waals surface area contributed by atoms with Crippen molar-refractivity contribution >= 4 is 15.7 Å². The number of nitrogens with two attached hydrogens (primary N) is 1. The van der Waals surface area contributed by atoms with Gasteiger partial charge in [0.2, 0.25) is 10.0 Å². The van der Waals surface area contributed by atoms with E-state index in [1.165, 1.54) is 32.1 Å². The molecule has 1 aromatic carbocycles. The number of anilines is 1. The highest BCUT2D eigenvalue weighted by molar-refractivity contribution is 7.89. The van der Waals surface area contributed by atoms with Crippen LogP contribution >= 0.6 is 0 Å². The Bertz CT molecular complexity index is 569. The first kappa shape index (κ1) is 12.9. The number of rotatable bonds is 2. The number of hydrogen-bond acceptors (Lipinski definition) is 3. The van der Waals surface area contributed by atoms with Crippen molar-refractivity contribution in [1.29, 1.82) is 0 Å². The highest BCUT2D eigenvalue weighted by Gasteiger charge is 2.48. The molecular weight excluding hydrogens is 260 g/mol. The Balaban J connectivity index is 1.79. The Hall–Kier alpha value is -1.07. The fourth-order valence-corrected chi connectivity index (χ4v) is 5.13. The summed E-state index contributed by atoms with van der Waals surface area (Å²) in [4.78, 5) is 0.251. The van der Waals surface area contributed by atoms with E-state index in [1.807, 2.05) is 0 Å². The molecule has 104 valence electrons. The largest absolute Gasteiger partial charge is 0.398 e. The molecule has 19 heavy (non-hydrogen) atoms. The Morgan fingerprint density at radius 2 is 1.68 bits per heavy atom. The van der Waals surface area contributed by atoms with E-state index in [0.717, 1.165) is 0 Å². The third kappa shape index (κ3) is 2.15. The summed E-state index contributed by atoms with van der Waals surface area (Å²) in [7, 11) is -3.40. The van der Waals surface area contributed by atoms with Crippen molar-refractivity contribution < 1.29 is 8.42 Å². The van der Waals surface area contributed by atoms with Gasteiger partial charge in [0.05, 0.1) is 5.69 Å². The van der Waals surface area contributed by atoms with Gasteiger partial charge in [0, 0.05) is 13.1 Å². The molecule has 1 aliphatic carbocycles. The lowest BCUT2D eigenvalue weighted by Gasteiger charge is -2.51. The summed E-state index contributed by atoms with van der Waals surface area (Å²) in [5.74, 6) is 0. The number of benzene rings is 1. The van der Waals surface area contributed by atoms with E-state index in [1.54, 1.807) is 28.6 Å². The van der Waals surface area contributed by atoms with Gasteiger partial charge in [-0.25, -0.2) is 8.42 Å². The molecule has 2 N–H and O–H groups in total. The number of hydrogen-bond donors (Lipinski definition) is 1. The monoisotopic (exact) mass is 280 g/mol. The van der Waals surface area contributed by atoms with Crippen molar-refractivity contribution in [3.8, 4) is 0 Å². The van der Waals surface area contributed by atoms with Gasteiger partial charge in [-0.05, 0) is 30.4 Å². The topological polar surface area (TPSA) is 63.4 Å². The zero-order valence-electron chi connectivity index (χ0n) is 11.0. The Morgan fingerprint density at radius 1 is 1.05 bits per heavy atom. The fraction of sp³-hybridized carbons (Fsp3) is 0.571. The normalized spacial score (nSPS) is 23.2. The molecule has 5 heteroatoms. The lowest BCUT2D eigenvalue weighted by Crippen LogP contribution is -2.58. The number of sulfonamides is 1. The fourth-order valence-electron chi connectivity index (χ4n) is 3.34. The van der Waals surface area contributed by atoms with Crippen LogP contribution in [-0.4, -0.2) is 25.8 Å².